The van der Waals surface area contributed by atoms with E-state index in [0.717, 1.165) is 5.01 Å². The summed E-state index contributed by atoms with van der Waals surface area (Å²) in [6.07, 6.45) is 3.32. The maximum atomic E-state index is 5.74. The topological polar surface area (TPSA) is 63.8 Å². The molecule has 0 spiro atoms. The molecule has 0 radical (unpaired) electrons. The number of nitrogen functional groups attached to an aromatic ring is 1. The molecule has 0 saturated carbocycles. The van der Waals surface area contributed by atoms with Crippen LogP contribution in [0.3, 0.4) is 0 Å². The van der Waals surface area contributed by atoms with Crippen molar-refractivity contribution in [1.82, 2.24) is 9.97 Å². The highest BCUT2D eigenvalue weighted by molar-refractivity contribution is 7.09. The second kappa shape index (κ2) is 4.46. The Morgan fingerprint density at radius 1 is 1.47 bits per heavy atom. The molecule has 2 rings (SSSR count). The van der Waals surface area contributed by atoms with Gasteiger partial charge in [-0.2, -0.15) is 0 Å². The van der Waals surface area contributed by atoms with Gasteiger partial charge in [0.05, 0.1) is 17.3 Å². The van der Waals surface area contributed by atoms with E-state index in [9.17, 15) is 0 Å². The molecule has 0 bridgehead atoms. The summed E-state index contributed by atoms with van der Waals surface area (Å²) in [6, 6.07) is 1.67. The van der Waals surface area contributed by atoms with Gasteiger partial charge in [-0.1, -0.05) is 11.6 Å². The van der Waals surface area contributed by atoms with Crippen molar-refractivity contribution in [2.24, 2.45) is 0 Å². The third-order valence-electron chi connectivity index (χ3n) is 1.77. The van der Waals surface area contributed by atoms with E-state index in [0.29, 0.717) is 23.1 Å². The molecule has 0 fully saturated rings. The van der Waals surface area contributed by atoms with Crippen LogP contribution in [0.2, 0.25) is 5.02 Å². The number of nitrogens with zero attached hydrogens (tertiary/aromatic N) is 2. The highest BCUT2D eigenvalue weighted by Gasteiger charge is 2.02. The summed E-state index contributed by atoms with van der Waals surface area (Å²) in [6.45, 7) is 0.622. The molecule has 0 aliphatic rings. The number of anilines is 2. The van der Waals surface area contributed by atoms with Crippen LogP contribution in [0.4, 0.5) is 11.5 Å². The number of hydrogen-bond acceptors (Lipinski definition) is 5. The lowest BCUT2D eigenvalue weighted by Gasteiger charge is -2.06. The highest BCUT2D eigenvalue weighted by atomic mass is 35.5. The van der Waals surface area contributed by atoms with Gasteiger partial charge in [-0.3, -0.25) is 0 Å². The van der Waals surface area contributed by atoms with Crippen molar-refractivity contribution in [2.45, 2.75) is 6.54 Å². The van der Waals surface area contributed by atoms with Crippen LogP contribution in [0.1, 0.15) is 5.01 Å². The maximum absolute atomic E-state index is 5.74. The molecule has 6 heteroatoms. The molecule has 2 aromatic rings. The monoisotopic (exact) mass is 240 g/mol. The summed E-state index contributed by atoms with van der Waals surface area (Å²) in [5.74, 6) is 0.634. The van der Waals surface area contributed by atoms with Crippen molar-refractivity contribution in [1.29, 1.82) is 0 Å². The lowest BCUT2D eigenvalue weighted by molar-refractivity contribution is 1.08. The summed E-state index contributed by atoms with van der Waals surface area (Å²) >= 11 is 7.32. The van der Waals surface area contributed by atoms with Gasteiger partial charge in [0.2, 0.25) is 0 Å². The Labute approximate surface area is 96.1 Å². The van der Waals surface area contributed by atoms with E-state index in [1.807, 2.05) is 5.38 Å². The van der Waals surface area contributed by atoms with Crippen molar-refractivity contribution in [3.63, 3.8) is 0 Å². The second-order valence-electron chi connectivity index (χ2n) is 2.87. The molecule has 3 N–H and O–H groups in total. The first-order chi connectivity index (χ1) is 7.25. The first kappa shape index (κ1) is 10.2. The van der Waals surface area contributed by atoms with Crippen molar-refractivity contribution < 1.29 is 0 Å². The summed E-state index contributed by atoms with van der Waals surface area (Å²) in [4.78, 5) is 8.23. The molecule has 0 atom stereocenters. The van der Waals surface area contributed by atoms with Crippen LogP contribution in [0.15, 0.2) is 23.8 Å². The van der Waals surface area contributed by atoms with Crippen molar-refractivity contribution in [3.05, 3.63) is 33.9 Å². The van der Waals surface area contributed by atoms with Gasteiger partial charge in [0.25, 0.3) is 0 Å². The Balaban J connectivity index is 2.05. The van der Waals surface area contributed by atoms with Crippen LogP contribution in [0.5, 0.6) is 0 Å². The van der Waals surface area contributed by atoms with Gasteiger partial charge in [0.1, 0.15) is 10.8 Å². The first-order valence-corrected chi connectivity index (χ1v) is 5.55. The highest BCUT2D eigenvalue weighted by Crippen LogP contribution is 2.20. The van der Waals surface area contributed by atoms with Crippen molar-refractivity contribution in [3.8, 4) is 0 Å². The van der Waals surface area contributed by atoms with Crippen LogP contribution in [0.25, 0.3) is 0 Å². The van der Waals surface area contributed by atoms with Gasteiger partial charge in [-0.15, -0.1) is 11.3 Å². The fraction of sp³-hybridized carbons (Fsp3) is 0.111. The van der Waals surface area contributed by atoms with E-state index in [1.54, 1.807) is 29.8 Å². The third kappa shape index (κ3) is 2.57. The number of rotatable bonds is 3. The fourth-order valence-corrected chi connectivity index (χ4v) is 1.82. The predicted octanol–water partition coefficient (Wildman–Crippen LogP) is 2.39. The molecule has 0 aliphatic carbocycles. The van der Waals surface area contributed by atoms with E-state index in [1.165, 1.54) is 0 Å². The molecule has 15 heavy (non-hydrogen) atoms. The second-order valence-corrected chi connectivity index (χ2v) is 4.29. The molecular weight excluding hydrogens is 232 g/mol. The van der Waals surface area contributed by atoms with Crippen molar-refractivity contribution in [2.75, 3.05) is 11.1 Å². The number of pyridine rings is 1. The third-order valence-corrected chi connectivity index (χ3v) is 2.76. The van der Waals surface area contributed by atoms with Crippen LogP contribution < -0.4 is 11.1 Å². The zero-order chi connectivity index (χ0) is 10.7. The quantitative estimate of drug-likeness (QED) is 0.865. The summed E-state index contributed by atoms with van der Waals surface area (Å²) in [5.41, 5.74) is 6.28. The van der Waals surface area contributed by atoms with Gasteiger partial charge >= 0.3 is 0 Å². The molecular formula is C9H9ClN4S. The van der Waals surface area contributed by atoms with Crippen molar-refractivity contribution >= 4 is 34.4 Å². The van der Waals surface area contributed by atoms with Gasteiger partial charge in [0, 0.05) is 17.8 Å². The molecule has 2 aromatic heterocycles. The Morgan fingerprint density at radius 2 is 2.33 bits per heavy atom. The average Bonchev–Trinajstić information content (AvgIpc) is 2.69. The first-order valence-electron chi connectivity index (χ1n) is 4.29. The standard InChI is InChI=1S/C9H9ClN4S/c10-6-3-7(11)9(13-4-6)14-5-8-12-1-2-15-8/h1-4H,5,11H2,(H,13,14). The molecule has 0 saturated heterocycles. The normalized spacial score (nSPS) is 10.2. The molecule has 4 nitrogen and oxygen atoms in total. The minimum absolute atomic E-state index is 0.535. The summed E-state index contributed by atoms with van der Waals surface area (Å²) < 4.78 is 0. The maximum Gasteiger partial charge on any atom is 0.149 e. The van der Waals surface area contributed by atoms with Gasteiger partial charge < -0.3 is 11.1 Å². The van der Waals surface area contributed by atoms with E-state index in [2.05, 4.69) is 15.3 Å². The Hall–Kier alpha value is -1.33. The number of nitrogens with one attached hydrogen (secondary N) is 1. The number of thiazole rings is 1. The Kier molecular flexibility index (Phi) is 3.03. The van der Waals surface area contributed by atoms with Gasteiger partial charge in [-0.25, -0.2) is 9.97 Å². The van der Waals surface area contributed by atoms with Gasteiger partial charge in [-0.05, 0) is 6.07 Å². The molecule has 0 aromatic carbocycles. The lowest BCUT2D eigenvalue weighted by atomic mass is 10.4. The molecule has 2 heterocycles. The number of hydrogen-bond donors (Lipinski definition) is 2. The van der Waals surface area contributed by atoms with Crippen LogP contribution in [-0.2, 0) is 6.54 Å². The summed E-state index contributed by atoms with van der Waals surface area (Å²) in [7, 11) is 0. The fourth-order valence-electron chi connectivity index (χ4n) is 1.10. The number of aromatic nitrogens is 2. The average molecular weight is 241 g/mol. The minimum Gasteiger partial charge on any atom is -0.396 e. The van der Waals surface area contributed by atoms with E-state index < -0.39 is 0 Å². The largest absolute Gasteiger partial charge is 0.396 e. The molecule has 78 valence electrons. The number of nitrogens with two attached hydrogens (primary N) is 1. The van der Waals surface area contributed by atoms with Crippen LogP contribution in [0, 0.1) is 0 Å². The SMILES string of the molecule is Nc1cc(Cl)cnc1NCc1nccs1. The Bertz CT molecular complexity index is 443. The zero-order valence-electron chi connectivity index (χ0n) is 7.77. The zero-order valence-corrected chi connectivity index (χ0v) is 9.35. The molecule has 0 amide bonds. The van der Waals surface area contributed by atoms with E-state index in [-0.39, 0.29) is 0 Å². The van der Waals surface area contributed by atoms with Crippen LogP contribution in [-0.4, -0.2) is 9.97 Å². The predicted molar refractivity (Wildman–Crippen MR) is 63.1 cm³/mol. The minimum atomic E-state index is 0.535. The smallest absolute Gasteiger partial charge is 0.149 e. The Morgan fingerprint density at radius 3 is 3.00 bits per heavy atom. The van der Waals surface area contributed by atoms with Gasteiger partial charge in [0.15, 0.2) is 0 Å². The molecule has 0 aliphatic heterocycles. The van der Waals surface area contributed by atoms with Crippen LogP contribution >= 0.6 is 22.9 Å². The molecule has 0 unspecified atom stereocenters. The lowest BCUT2D eigenvalue weighted by Crippen LogP contribution is -2.04. The summed E-state index contributed by atoms with van der Waals surface area (Å²) in [5, 5.41) is 6.55. The number of halogens is 1. The van der Waals surface area contributed by atoms with E-state index >= 15 is 0 Å². The van der Waals surface area contributed by atoms with E-state index in [4.69, 9.17) is 17.3 Å².